The Labute approximate surface area is 86.1 Å². The first-order valence-corrected chi connectivity index (χ1v) is 6.65. The quantitative estimate of drug-likeness (QED) is 0.666. The third-order valence-corrected chi connectivity index (χ3v) is 6.59. The molecule has 0 heterocycles. The zero-order valence-corrected chi connectivity index (χ0v) is 12.4. The predicted octanol–water partition coefficient (Wildman–Crippen LogP) is 1.43. The van der Waals surface area contributed by atoms with E-state index >= 15 is 0 Å². The van der Waals surface area contributed by atoms with Crippen molar-refractivity contribution >= 4 is 46.0 Å². The number of hydrogen-bond donors (Lipinski definition) is 0. The molecule has 0 aromatic heterocycles. The molecular formula is C7H16Sb2. The van der Waals surface area contributed by atoms with Crippen LogP contribution in [0.15, 0.2) is 0 Å². The van der Waals surface area contributed by atoms with Crippen LogP contribution in [0, 0.1) is 5.41 Å². The summed E-state index contributed by atoms with van der Waals surface area (Å²) in [6, 6.07) is 0. The van der Waals surface area contributed by atoms with Gasteiger partial charge in [-0.1, -0.05) is 0 Å². The molecule has 0 aliphatic carbocycles. The molecule has 0 amide bonds. The summed E-state index contributed by atoms with van der Waals surface area (Å²) in [5.41, 5.74) is 0.559. The van der Waals surface area contributed by atoms with Gasteiger partial charge in [0.1, 0.15) is 0 Å². The summed E-state index contributed by atoms with van der Waals surface area (Å²) in [4.78, 5) is 0. The van der Waals surface area contributed by atoms with Gasteiger partial charge in [-0.3, -0.25) is 0 Å². The Morgan fingerprint density at radius 2 is 1.44 bits per heavy atom. The van der Waals surface area contributed by atoms with Gasteiger partial charge in [-0.05, 0) is 0 Å². The third-order valence-electron chi connectivity index (χ3n) is 2.13. The van der Waals surface area contributed by atoms with Gasteiger partial charge < -0.3 is 0 Å². The molecule has 0 rings (SSSR count). The Hall–Kier alpha value is 1.64. The maximum absolute atomic E-state index is 2.37. The molecule has 2 heteroatoms. The minimum absolute atomic E-state index is 0.559. The Morgan fingerprint density at radius 3 is 1.44 bits per heavy atom. The first kappa shape index (κ1) is 10.6. The zero-order valence-electron chi connectivity index (χ0n) is 6.71. The van der Waals surface area contributed by atoms with Gasteiger partial charge in [0, 0.05) is 0 Å². The second-order valence-electron chi connectivity index (χ2n) is 3.69. The molecule has 0 saturated carbocycles. The first-order chi connectivity index (χ1) is 3.81. The maximum atomic E-state index is 2.37. The minimum atomic E-state index is 0.559. The van der Waals surface area contributed by atoms with E-state index in [0.29, 0.717) is 8.78 Å². The molecule has 0 saturated heterocycles. The number of hydrogen-bond acceptors (Lipinski definition) is 0. The molecule has 0 fully saturated rings. The molecule has 0 nitrogen and oxygen atoms in total. The Morgan fingerprint density at radius 1 is 1.11 bits per heavy atom. The van der Waals surface area contributed by atoms with Crippen LogP contribution in [0.1, 0.15) is 27.7 Å². The third kappa shape index (κ3) is 3.02. The molecule has 54 valence electrons. The van der Waals surface area contributed by atoms with E-state index in [9.17, 15) is 0 Å². The van der Waals surface area contributed by atoms with Crippen molar-refractivity contribution in [1.82, 2.24) is 0 Å². The fourth-order valence-electron chi connectivity index (χ4n) is 0.221. The molecular weight excluding hydrogens is 328 g/mol. The van der Waals surface area contributed by atoms with E-state index in [0.717, 1.165) is 0 Å². The van der Waals surface area contributed by atoms with Crippen molar-refractivity contribution in [2.45, 2.75) is 35.4 Å². The molecule has 0 N–H and O–H groups in total. The normalized spacial score (nSPS) is 14.0. The van der Waals surface area contributed by atoms with E-state index in [1.54, 1.807) is 46.0 Å². The molecule has 0 aromatic rings. The van der Waals surface area contributed by atoms with Crippen LogP contribution in [0.25, 0.3) is 0 Å². The van der Waals surface area contributed by atoms with Crippen molar-refractivity contribution in [3.05, 3.63) is 0 Å². The van der Waals surface area contributed by atoms with Gasteiger partial charge in [0.15, 0.2) is 0 Å². The molecule has 0 spiro atoms. The summed E-state index contributed by atoms with van der Waals surface area (Å²) in [7, 11) is 0. The van der Waals surface area contributed by atoms with Crippen LogP contribution in [0.3, 0.4) is 0 Å². The second-order valence-corrected chi connectivity index (χ2v) is 8.26. The van der Waals surface area contributed by atoms with E-state index < -0.39 is 0 Å². The van der Waals surface area contributed by atoms with Crippen molar-refractivity contribution in [3.8, 4) is 0 Å². The summed E-state index contributed by atoms with van der Waals surface area (Å²) in [6.45, 7) is 9.46. The molecule has 0 unspecified atom stereocenters. The van der Waals surface area contributed by atoms with E-state index in [-0.39, 0.29) is 0 Å². The fourth-order valence-corrected chi connectivity index (χ4v) is 3.17. The van der Waals surface area contributed by atoms with Gasteiger partial charge in [-0.25, -0.2) is 0 Å². The molecule has 0 atom stereocenters. The van der Waals surface area contributed by atoms with Crippen molar-refractivity contribution in [3.63, 3.8) is 0 Å². The number of rotatable bonds is 2. The first-order valence-electron chi connectivity index (χ1n) is 3.21. The average molecular weight is 344 g/mol. The van der Waals surface area contributed by atoms with Crippen molar-refractivity contribution in [2.75, 3.05) is 0 Å². The Kier molecular flexibility index (Phi) is 3.97. The molecule has 0 aliphatic heterocycles. The van der Waals surface area contributed by atoms with Crippen molar-refractivity contribution in [2.24, 2.45) is 5.41 Å². The van der Waals surface area contributed by atoms with Crippen molar-refractivity contribution < 1.29 is 0 Å². The van der Waals surface area contributed by atoms with Crippen LogP contribution in [0.4, 0.5) is 0 Å². The van der Waals surface area contributed by atoms with Gasteiger partial charge in [-0.15, -0.1) is 0 Å². The second kappa shape index (κ2) is 3.36. The standard InChI is InChI=1S/C7H14.2Sb.2H/c1-6(2)7(3,4)5;;;;/h3H2,1-2,4-5H3;;;;. The van der Waals surface area contributed by atoms with Gasteiger partial charge in [0.2, 0.25) is 0 Å². The van der Waals surface area contributed by atoms with Crippen LogP contribution in [0.2, 0.25) is 7.73 Å². The molecule has 0 aromatic carbocycles. The van der Waals surface area contributed by atoms with E-state index in [4.69, 9.17) is 0 Å². The topological polar surface area (TPSA) is 0 Å². The summed E-state index contributed by atoms with van der Waals surface area (Å²) < 4.78 is 1.93. The summed E-state index contributed by atoms with van der Waals surface area (Å²) in [5, 5.41) is 0. The van der Waals surface area contributed by atoms with Crippen LogP contribution in [-0.4, -0.2) is 46.0 Å². The van der Waals surface area contributed by atoms with Crippen molar-refractivity contribution in [1.29, 1.82) is 0 Å². The monoisotopic (exact) mass is 342 g/mol. The van der Waals surface area contributed by atoms with E-state index in [1.807, 2.05) is 0 Å². The summed E-state index contributed by atoms with van der Waals surface area (Å²) in [6.07, 6.45) is 0. The molecule has 2 radical (unpaired) electrons. The average Bonchev–Trinajstić information content (AvgIpc) is 1.64. The SMILES string of the molecule is C[C](C)([SbH])C(C)(C)[CH2][SbH]. The summed E-state index contributed by atoms with van der Waals surface area (Å²) >= 11 is 3.33. The fraction of sp³-hybridized carbons (Fsp3) is 1.00. The van der Waals surface area contributed by atoms with Crippen LogP contribution in [-0.2, 0) is 0 Å². The van der Waals surface area contributed by atoms with Crippen LogP contribution >= 0.6 is 0 Å². The van der Waals surface area contributed by atoms with Crippen LogP contribution < -0.4 is 0 Å². The predicted molar refractivity (Wildman–Crippen MR) is 46.9 cm³/mol. The van der Waals surface area contributed by atoms with Gasteiger partial charge >= 0.3 is 86.9 Å². The molecule has 0 bridgehead atoms. The van der Waals surface area contributed by atoms with E-state index in [1.165, 1.54) is 4.37 Å². The zero-order chi connectivity index (χ0) is 7.71. The molecule has 0 aliphatic rings. The van der Waals surface area contributed by atoms with E-state index in [2.05, 4.69) is 27.7 Å². The van der Waals surface area contributed by atoms with Gasteiger partial charge in [0.25, 0.3) is 0 Å². The van der Waals surface area contributed by atoms with Gasteiger partial charge in [0.05, 0.1) is 0 Å². The van der Waals surface area contributed by atoms with Crippen LogP contribution in [0.5, 0.6) is 0 Å². The Bertz CT molecular complexity index is 89.6. The molecule has 9 heavy (non-hydrogen) atoms. The summed E-state index contributed by atoms with van der Waals surface area (Å²) in [5.74, 6) is 0. The Balaban J connectivity index is 4.14. The van der Waals surface area contributed by atoms with Gasteiger partial charge in [-0.2, -0.15) is 0 Å².